The van der Waals surface area contributed by atoms with Crippen molar-refractivity contribution < 1.29 is 0 Å². The first kappa shape index (κ1) is 13.5. The van der Waals surface area contributed by atoms with Gasteiger partial charge in [0.1, 0.15) is 17.0 Å². The molecular weight excluding hydrogens is 334 g/mol. The minimum Gasteiger partial charge on any atom is -0.363 e. The van der Waals surface area contributed by atoms with Gasteiger partial charge in [0.25, 0.3) is 0 Å². The first-order chi connectivity index (χ1) is 9.78. The number of rotatable bonds is 4. The molecule has 0 spiro atoms. The predicted octanol–water partition coefficient (Wildman–Crippen LogP) is 5.02. The molecule has 0 amide bonds. The molecule has 20 heavy (non-hydrogen) atoms. The monoisotopic (exact) mass is 347 g/mol. The SMILES string of the molecule is CCC(Nc1ncnc2sccc12)c1ccc(Br)cc1. The zero-order valence-electron chi connectivity index (χ0n) is 11.0. The van der Waals surface area contributed by atoms with Crippen LogP contribution in [0.4, 0.5) is 5.82 Å². The standard InChI is InChI=1S/C15H14BrN3S/c1-2-13(10-3-5-11(16)6-4-10)19-14-12-7-8-20-15(12)18-9-17-14/h3-9,13H,2H2,1H3,(H,17,18,19). The van der Waals surface area contributed by atoms with Gasteiger partial charge < -0.3 is 5.32 Å². The van der Waals surface area contributed by atoms with Crippen LogP contribution in [0, 0.1) is 0 Å². The van der Waals surface area contributed by atoms with Crippen molar-refractivity contribution in [3.63, 3.8) is 0 Å². The summed E-state index contributed by atoms with van der Waals surface area (Å²) in [5.74, 6) is 0.908. The van der Waals surface area contributed by atoms with Gasteiger partial charge in [0.2, 0.25) is 0 Å². The molecule has 102 valence electrons. The molecule has 1 unspecified atom stereocenters. The Hall–Kier alpha value is -1.46. The number of anilines is 1. The molecule has 2 heterocycles. The van der Waals surface area contributed by atoms with Gasteiger partial charge in [0.05, 0.1) is 11.4 Å². The van der Waals surface area contributed by atoms with Crippen molar-refractivity contribution in [2.45, 2.75) is 19.4 Å². The predicted molar refractivity (Wildman–Crippen MR) is 88.2 cm³/mol. The van der Waals surface area contributed by atoms with Crippen LogP contribution in [0.3, 0.4) is 0 Å². The summed E-state index contributed by atoms with van der Waals surface area (Å²) in [4.78, 5) is 9.69. The van der Waals surface area contributed by atoms with E-state index in [-0.39, 0.29) is 6.04 Å². The topological polar surface area (TPSA) is 37.8 Å². The van der Waals surface area contributed by atoms with Crippen LogP contribution < -0.4 is 5.32 Å². The first-order valence-electron chi connectivity index (χ1n) is 6.48. The van der Waals surface area contributed by atoms with Crippen LogP contribution >= 0.6 is 27.3 Å². The zero-order chi connectivity index (χ0) is 13.9. The van der Waals surface area contributed by atoms with Gasteiger partial charge in [-0.2, -0.15) is 0 Å². The number of hydrogen-bond acceptors (Lipinski definition) is 4. The quantitative estimate of drug-likeness (QED) is 0.720. The van der Waals surface area contributed by atoms with E-state index < -0.39 is 0 Å². The van der Waals surface area contributed by atoms with Gasteiger partial charge in [0.15, 0.2) is 0 Å². The molecule has 0 aliphatic rings. The average Bonchev–Trinajstić information content (AvgIpc) is 2.95. The lowest BCUT2D eigenvalue weighted by atomic mass is 10.0. The summed E-state index contributed by atoms with van der Waals surface area (Å²) in [5, 5.41) is 6.67. The van der Waals surface area contributed by atoms with Crippen LogP contribution in [0.5, 0.6) is 0 Å². The minimum absolute atomic E-state index is 0.251. The third-order valence-electron chi connectivity index (χ3n) is 3.25. The molecule has 0 bridgehead atoms. The molecule has 0 saturated heterocycles. The number of hydrogen-bond donors (Lipinski definition) is 1. The molecule has 0 fully saturated rings. The summed E-state index contributed by atoms with van der Waals surface area (Å²) in [6.07, 6.45) is 2.62. The maximum atomic E-state index is 4.39. The third-order valence-corrected chi connectivity index (χ3v) is 4.60. The second kappa shape index (κ2) is 5.89. The molecule has 5 heteroatoms. The number of benzene rings is 1. The van der Waals surface area contributed by atoms with Crippen molar-refractivity contribution >= 4 is 43.3 Å². The zero-order valence-corrected chi connectivity index (χ0v) is 13.4. The Morgan fingerprint density at radius 3 is 2.75 bits per heavy atom. The Bertz CT molecular complexity index is 708. The number of fused-ring (bicyclic) bond motifs is 1. The van der Waals surface area contributed by atoms with Crippen LogP contribution in [0.15, 0.2) is 46.5 Å². The first-order valence-corrected chi connectivity index (χ1v) is 8.15. The Morgan fingerprint density at radius 1 is 1.20 bits per heavy atom. The van der Waals surface area contributed by atoms with Gasteiger partial charge >= 0.3 is 0 Å². The lowest BCUT2D eigenvalue weighted by Gasteiger charge is -2.18. The maximum Gasteiger partial charge on any atom is 0.138 e. The summed E-state index contributed by atoms with van der Waals surface area (Å²) < 4.78 is 1.10. The van der Waals surface area contributed by atoms with Crippen LogP contribution in [-0.2, 0) is 0 Å². The minimum atomic E-state index is 0.251. The van der Waals surface area contributed by atoms with Gasteiger partial charge in [-0.25, -0.2) is 9.97 Å². The molecule has 3 nitrogen and oxygen atoms in total. The average molecular weight is 348 g/mol. The van der Waals surface area contributed by atoms with Crippen molar-refractivity contribution in [1.29, 1.82) is 0 Å². The van der Waals surface area contributed by atoms with Crippen molar-refractivity contribution in [3.05, 3.63) is 52.1 Å². The molecule has 1 aromatic carbocycles. The highest BCUT2D eigenvalue weighted by Crippen LogP contribution is 2.28. The van der Waals surface area contributed by atoms with Crippen molar-refractivity contribution in [1.82, 2.24) is 9.97 Å². The number of thiophene rings is 1. The van der Waals surface area contributed by atoms with Crippen molar-refractivity contribution in [3.8, 4) is 0 Å². The lowest BCUT2D eigenvalue weighted by Crippen LogP contribution is -2.11. The molecule has 0 radical (unpaired) electrons. The van der Waals surface area contributed by atoms with Gasteiger partial charge in [-0.15, -0.1) is 11.3 Å². The second-order valence-electron chi connectivity index (χ2n) is 4.52. The molecule has 1 atom stereocenters. The van der Waals surface area contributed by atoms with E-state index in [0.29, 0.717) is 0 Å². The molecule has 3 aromatic rings. The van der Waals surface area contributed by atoms with Gasteiger partial charge in [-0.1, -0.05) is 35.0 Å². The molecule has 1 N–H and O–H groups in total. The third kappa shape index (κ3) is 2.69. The molecule has 0 saturated carbocycles. The Balaban J connectivity index is 1.91. The highest BCUT2D eigenvalue weighted by molar-refractivity contribution is 9.10. The van der Waals surface area contributed by atoms with Crippen LogP contribution in [0.25, 0.3) is 10.2 Å². The van der Waals surface area contributed by atoms with E-state index in [1.807, 2.05) is 5.38 Å². The number of aromatic nitrogens is 2. The Kier molecular flexibility index (Phi) is 3.98. The van der Waals surface area contributed by atoms with E-state index >= 15 is 0 Å². The van der Waals surface area contributed by atoms with Crippen LogP contribution in [0.1, 0.15) is 24.9 Å². The molecule has 2 aromatic heterocycles. The summed E-state index contributed by atoms with van der Waals surface area (Å²) in [6, 6.07) is 10.7. The van der Waals surface area contributed by atoms with E-state index in [1.54, 1.807) is 17.7 Å². The van der Waals surface area contributed by atoms with Gasteiger partial charge in [0, 0.05) is 4.47 Å². The summed E-state index contributed by atoms with van der Waals surface area (Å²) in [6.45, 7) is 2.17. The van der Waals surface area contributed by atoms with Gasteiger partial charge in [-0.3, -0.25) is 0 Å². The van der Waals surface area contributed by atoms with E-state index in [2.05, 4.69) is 68.5 Å². The lowest BCUT2D eigenvalue weighted by molar-refractivity contribution is 0.745. The molecular formula is C15H14BrN3S. The summed E-state index contributed by atoms with van der Waals surface area (Å²) >= 11 is 5.11. The van der Waals surface area contributed by atoms with Gasteiger partial charge in [-0.05, 0) is 35.6 Å². The van der Waals surface area contributed by atoms with E-state index in [1.165, 1.54) is 5.56 Å². The fourth-order valence-corrected chi connectivity index (χ4v) is 3.18. The highest BCUT2D eigenvalue weighted by atomic mass is 79.9. The van der Waals surface area contributed by atoms with E-state index in [0.717, 1.165) is 26.9 Å². The summed E-state index contributed by atoms with van der Waals surface area (Å²) in [5.41, 5.74) is 1.26. The fourth-order valence-electron chi connectivity index (χ4n) is 2.19. The Labute approximate surface area is 130 Å². The highest BCUT2D eigenvalue weighted by Gasteiger charge is 2.12. The molecule has 3 rings (SSSR count). The van der Waals surface area contributed by atoms with E-state index in [9.17, 15) is 0 Å². The smallest absolute Gasteiger partial charge is 0.138 e. The molecule has 0 aliphatic heterocycles. The Morgan fingerprint density at radius 2 is 2.00 bits per heavy atom. The van der Waals surface area contributed by atoms with Crippen LogP contribution in [-0.4, -0.2) is 9.97 Å². The van der Waals surface area contributed by atoms with Crippen molar-refractivity contribution in [2.75, 3.05) is 5.32 Å². The number of halogens is 1. The molecule has 0 aliphatic carbocycles. The largest absolute Gasteiger partial charge is 0.363 e. The van der Waals surface area contributed by atoms with Crippen LogP contribution in [0.2, 0.25) is 0 Å². The summed E-state index contributed by atoms with van der Waals surface area (Å²) in [7, 11) is 0. The number of nitrogens with zero attached hydrogens (tertiary/aromatic N) is 2. The fraction of sp³-hybridized carbons (Fsp3) is 0.200. The second-order valence-corrected chi connectivity index (χ2v) is 6.33. The maximum absolute atomic E-state index is 4.39. The normalized spacial score (nSPS) is 12.5. The van der Waals surface area contributed by atoms with Crippen molar-refractivity contribution in [2.24, 2.45) is 0 Å². The van der Waals surface area contributed by atoms with E-state index in [4.69, 9.17) is 0 Å². The number of nitrogens with one attached hydrogen (secondary N) is 1.